The first-order valence-electron chi connectivity index (χ1n) is 10.9. The van der Waals surface area contributed by atoms with E-state index in [0.717, 1.165) is 25.7 Å². The minimum atomic E-state index is -1.81. The van der Waals surface area contributed by atoms with Gasteiger partial charge in [-0.25, -0.2) is 0 Å². The van der Waals surface area contributed by atoms with E-state index in [1.54, 1.807) is 20.1 Å². The third-order valence-corrected chi connectivity index (χ3v) is 11.0. The zero-order valence-electron chi connectivity index (χ0n) is 20.0. The molecule has 0 aromatic heterocycles. The Labute approximate surface area is 179 Å². The maximum atomic E-state index is 12.1. The molecular weight excluding hydrogens is 380 g/mol. The van der Waals surface area contributed by atoms with Crippen molar-refractivity contribution in [3.05, 3.63) is 23.8 Å². The monoisotopic (exact) mass is 422 g/mol. The van der Waals surface area contributed by atoms with Gasteiger partial charge in [0, 0.05) is 7.11 Å². The molecule has 0 heterocycles. The van der Waals surface area contributed by atoms with Crippen molar-refractivity contribution in [2.75, 3.05) is 7.11 Å². The molecule has 5 heteroatoms. The van der Waals surface area contributed by atoms with Gasteiger partial charge in [0.1, 0.15) is 0 Å². The normalized spacial score (nSPS) is 25.3. The minimum absolute atomic E-state index is 0.0895. The number of hydrogen-bond donors (Lipinski definition) is 0. The predicted octanol–water partition coefficient (Wildman–Crippen LogP) is 5.88. The van der Waals surface area contributed by atoms with E-state index in [0.29, 0.717) is 17.4 Å². The molecule has 0 radical (unpaired) electrons. The van der Waals surface area contributed by atoms with Crippen molar-refractivity contribution in [2.45, 2.75) is 97.6 Å². The molecule has 0 saturated heterocycles. The number of rotatable bonds is 9. The Morgan fingerprint density at radius 2 is 1.76 bits per heavy atom. The van der Waals surface area contributed by atoms with Crippen molar-refractivity contribution in [3.8, 4) is 0 Å². The van der Waals surface area contributed by atoms with E-state index in [1.165, 1.54) is 13.0 Å². The van der Waals surface area contributed by atoms with E-state index in [-0.39, 0.29) is 28.8 Å². The Morgan fingerprint density at radius 1 is 1.14 bits per heavy atom. The van der Waals surface area contributed by atoms with Gasteiger partial charge in [0.2, 0.25) is 0 Å². The maximum Gasteiger partial charge on any atom is 0.192 e. The molecule has 1 aliphatic carbocycles. The predicted molar refractivity (Wildman–Crippen MR) is 123 cm³/mol. The van der Waals surface area contributed by atoms with Crippen LogP contribution in [0.15, 0.2) is 23.8 Å². The van der Waals surface area contributed by atoms with Crippen LogP contribution >= 0.6 is 0 Å². The van der Waals surface area contributed by atoms with Crippen LogP contribution in [0.3, 0.4) is 0 Å². The van der Waals surface area contributed by atoms with Crippen molar-refractivity contribution in [2.24, 2.45) is 11.8 Å². The van der Waals surface area contributed by atoms with E-state index in [9.17, 15) is 9.59 Å². The van der Waals surface area contributed by atoms with Gasteiger partial charge in [-0.05, 0) is 87.2 Å². The number of methoxy groups -OCH3 is 1. The first kappa shape index (κ1) is 26.0. The van der Waals surface area contributed by atoms with Crippen LogP contribution in [-0.4, -0.2) is 39.2 Å². The lowest BCUT2D eigenvalue weighted by atomic mass is 9.80. The summed E-state index contributed by atoms with van der Waals surface area (Å²) in [7, 11) is -0.0174. The summed E-state index contributed by atoms with van der Waals surface area (Å²) in [6.45, 7) is 16.7. The molecule has 1 unspecified atom stereocenters. The lowest BCUT2D eigenvalue weighted by Crippen LogP contribution is -2.49. The number of carbonyl (C=O) groups excluding carboxylic acids is 2. The molecule has 0 aromatic carbocycles. The summed E-state index contributed by atoms with van der Waals surface area (Å²) in [5.74, 6) is 0.695. The van der Waals surface area contributed by atoms with Crippen LogP contribution in [0.1, 0.15) is 67.2 Å². The second-order valence-electron chi connectivity index (χ2n) is 10.2. The van der Waals surface area contributed by atoms with Gasteiger partial charge in [-0.15, -0.1) is 0 Å². The molecule has 0 spiro atoms. The summed E-state index contributed by atoms with van der Waals surface area (Å²) in [6, 6.07) is 0. The molecule has 0 amide bonds. The molecular formula is C24H42O4Si. The molecule has 1 fully saturated rings. The van der Waals surface area contributed by atoms with E-state index >= 15 is 0 Å². The Balaban J connectivity index is 2.63. The highest BCUT2D eigenvalue weighted by Gasteiger charge is 2.42. The molecule has 1 rings (SSSR count). The lowest BCUT2D eigenvalue weighted by molar-refractivity contribution is -0.114. The van der Waals surface area contributed by atoms with Gasteiger partial charge in [0.25, 0.3) is 0 Å². The van der Waals surface area contributed by atoms with E-state index in [2.05, 4.69) is 40.8 Å². The average molecular weight is 423 g/mol. The van der Waals surface area contributed by atoms with Crippen LogP contribution in [0.2, 0.25) is 18.1 Å². The van der Waals surface area contributed by atoms with Gasteiger partial charge in [0.05, 0.1) is 12.2 Å². The molecule has 4 atom stereocenters. The first-order valence-corrected chi connectivity index (χ1v) is 13.8. The van der Waals surface area contributed by atoms with Crippen molar-refractivity contribution in [1.82, 2.24) is 0 Å². The Hall–Kier alpha value is -1.04. The van der Waals surface area contributed by atoms with Gasteiger partial charge in [-0.2, -0.15) is 0 Å². The largest absolute Gasteiger partial charge is 0.411 e. The van der Waals surface area contributed by atoms with Crippen LogP contribution in [0, 0.1) is 11.8 Å². The Bertz CT molecular complexity index is 627. The zero-order valence-corrected chi connectivity index (χ0v) is 21.0. The van der Waals surface area contributed by atoms with E-state index in [4.69, 9.17) is 9.16 Å². The second-order valence-corrected chi connectivity index (χ2v) is 15.0. The lowest BCUT2D eigenvalue weighted by Gasteiger charge is -2.44. The number of ketones is 2. The Morgan fingerprint density at radius 3 is 2.28 bits per heavy atom. The Kier molecular flexibility index (Phi) is 9.70. The number of ether oxygens (including phenoxy) is 1. The smallest absolute Gasteiger partial charge is 0.192 e. The molecule has 0 aliphatic heterocycles. The van der Waals surface area contributed by atoms with Crippen molar-refractivity contribution >= 4 is 19.9 Å². The maximum absolute atomic E-state index is 12.1. The number of carbonyl (C=O) groups is 2. The minimum Gasteiger partial charge on any atom is -0.411 e. The van der Waals surface area contributed by atoms with Gasteiger partial charge < -0.3 is 9.16 Å². The van der Waals surface area contributed by atoms with Gasteiger partial charge in [0.15, 0.2) is 19.9 Å². The van der Waals surface area contributed by atoms with Crippen molar-refractivity contribution in [3.63, 3.8) is 0 Å². The second kappa shape index (κ2) is 10.8. The first-order chi connectivity index (χ1) is 13.3. The summed E-state index contributed by atoms with van der Waals surface area (Å²) in [6.07, 6.45) is 9.51. The summed E-state index contributed by atoms with van der Waals surface area (Å²) in [4.78, 5) is 23.2. The summed E-state index contributed by atoms with van der Waals surface area (Å²) in [5.41, 5.74) is 0.490. The fourth-order valence-electron chi connectivity index (χ4n) is 3.70. The third kappa shape index (κ3) is 8.31. The summed E-state index contributed by atoms with van der Waals surface area (Å²) >= 11 is 0. The molecule has 0 aromatic rings. The van der Waals surface area contributed by atoms with Crippen molar-refractivity contribution < 1.29 is 18.8 Å². The van der Waals surface area contributed by atoms with Gasteiger partial charge >= 0.3 is 0 Å². The number of allylic oxidation sites excluding steroid dienone is 4. The molecule has 166 valence electrons. The molecule has 0 bridgehead atoms. The molecule has 1 saturated carbocycles. The van der Waals surface area contributed by atoms with E-state index < -0.39 is 8.32 Å². The highest BCUT2D eigenvalue weighted by molar-refractivity contribution is 6.74. The van der Waals surface area contributed by atoms with Crippen LogP contribution in [0.25, 0.3) is 0 Å². The van der Waals surface area contributed by atoms with E-state index in [1.807, 2.05) is 6.08 Å². The zero-order chi connectivity index (χ0) is 22.4. The van der Waals surface area contributed by atoms with Crippen LogP contribution in [0.4, 0.5) is 0 Å². The fraction of sp³-hybridized carbons (Fsp3) is 0.750. The van der Waals surface area contributed by atoms with Crippen molar-refractivity contribution in [1.29, 1.82) is 0 Å². The van der Waals surface area contributed by atoms with Gasteiger partial charge in [-0.3, -0.25) is 9.59 Å². The molecule has 29 heavy (non-hydrogen) atoms. The summed E-state index contributed by atoms with van der Waals surface area (Å²) in [5, 5.41) is 0.197. The van der Waals surface area contributed by atoms with Crippen LogP contribution in [-0.2, 0) is 18.8 Å². The standard InChI is InChI=1S/C24H42O4Si/c1-17(10-12-21(26)18(2)15-19(3)25)14-20-11-13-22(23(16-20)27-7)28-29(8,9)24(4,5)6/h10,12,15,17,20,22-23H,11,13-14,16H2,1-9H3/b12-10+,18-15+/t17-,20-,22?,23+/m0/s1. The van der Waals surface area contributed by atoms with Gasteiger partial charge in [-0.1, -0.05) is 33.8 Å². The van der Waals surface area contributed by atoms with Crippen LogP contribution in [0.5, 0.6) is 0 Å². The van der Waals surface area contributed by atoms with Crippen LogP contribution < -0.4 is 0 Å². The topological polar surface area (TPSA) is 52.6 Å². The fourth-order valence-corrected chi connectivity index (χ4v) is 5.08. The molecule has 0 N–H and O–H groups in total. The average Bonchev–Trinajstić information content (AvgIpc) is 2.59. The highest BCUT2D eigenvalue weighted by atomic mass is 28.4. The quantitative estimate of drug-likeness (QED) is 0.344. The molecule has 4 nitrogen and oxygen atoms in total. The third-order valence-electron chi connectivity index (χ3n) is 6.48. The highest BCUT2D eigenvalue weighted by Crippen LogP contribution is 2.41. The summed E-state index contributed by atoms with van der Waals surface area (Å²) < 4.78 is 12.5. The SMILES string of the molecule is CO[C@@H]1C[C@H](C[C@@H](C)/C=C/C(=O)/C(C)=C/C(C)=O)CCC1O[Si](C)(C)C(C)(C)C. The number of hydrogen-bond acceptors (Lipinski definition) is 4. The molecule has 1 aliphatic rings.